The van der Waals surface area contributed by atoms with Gasteiger partial charge in [-0.1, -0.05) is 19.4 Å². The maximum absolute atomic E-state index is 11.4. The molecule has 2 atom stereocenters. The van der Waals surface area contributed by atoms with Crippen LogP contribution in [0.25, 0.3) is 0 Å². The van der Waals surface area contributed by atoms with Crippen molar-refractivity contribution >= 4 is 5.78 Å². The Morgan fingerprint density at radius 2 is 2.15 bits per heavy atom. The van der Waals surface area contributed by atoms with Crippen LogP contribution in [0.5, 0.6) is 0 Å². The number of carbonyl (C=O) groups is 1. The van der Waals surface area contributed by atoms with Crippen LogP contribution < -0.4 is 0 Å². The van der Waals surface area contributed by atoms with Crippen molar-refractivity contribution in [1.29, 1.82) is 0 Å². The van der Waals surface area contributed by atoms with E-state index in [4.69, 9.17) is 0 Å². The number of rotatable bonds is 7. The third-order valence-corrected chi connectivity index (χ3v) is 2.85. The van der Waals surface area contributed by atoms with Crippen LogP contribution in [-0.2, 0) is 4.79 Å². The van der Waals surface area contributed by atoms with Gasteiger partial charge in [0.2, 0.25) is 0 Å². The van der Waals surface area contributed by atoms with Crippen molar-refractivity contribution in [2.45, 2.75) is 45.4 Å². The first-order chi connectivity index (χ1) is 6.25. The highest BCUT2D eigenvalue weighted by atomic mass is 16.1. The quantitative estimate of drug-likeness (QED) is 0.434. The van der Waals surface area contributed by atoms with E-state index < -0.39 is 0 Å². The number of Topliss-reactive ketones (excluding diaryl/α,β-unsaturated/α-hetero) is 1. The Bertz CT molecular complexity index is 184. The molecule has 0 radical (unpaired) electrons. The topological polar surface area (TPSA) is 17.1 Å². The summed E-state index contributed by atoms with van der Waals surface area (Å²) >= 11 is 0. The lowest BCUT2D eigenvalue weighted by Crippen LogP contribution is -2.01. The molecule has 1 saturated carbocycles. The first-order valence-corrected chi connectivity index (χ1v) is 5.39. The van der Waals surface area contributed by atoms with Gasteiger partial charge in [0.15, 0.2) is 0 Å². The summed E-state index contributed by atoms with van der Waals surface area (Å²) in [5.74, 6) is 1.62. The monoisotopic (exact) mass is 180 g/mol. The molecule has 0 heterocycles. The molecule has 1 aliphatic carbocycles. The Labute approximate surface area is 81.2 Å². The summed E-state index contributed by atoms with van der Waals surface area (Å²) in [4.78, 5) is 11.4. The van der Waals surface area contributed by atoms with E-state index >= 15 is 0 Å². The summed E-state index contributed by atoms with van der Waals surface area (Å²) in [6, 6.07) is 0. The summed E-state index contributed by atoms with van der Waals surface area (Å²) in [6.45, 7) is 5.84. The second-order valence-corrected chi connectivity index (χ2v) is 4.17. The Hall–Kier alpha value is -0.590. The molecule has 1 aliphatic rings. The van der Waals surface area contributed by atoms with Crippen LogP contribution in [0.2, 0.25) is 0 Å². The van der Waals surface area contributed by atoms with Crippen LogP contribution in [0.15, 0.2) is 12.7 Å². The molecule has 1 nitrogen and oxygen atoms in total. The molecule has 2 unspecified atom stereocenters. The first-order valence-electron chi connectivity index (χ1n) is 5.39. The SMILES string of the molecule is C=CCCCCCC(=O)C1CC1C. The molecule has 0 aromatic carbocycles. The van der Waals surface area contributed by atoms with Gasteiger partial charge < -0.3 is 0 Å². The van der Waals surface area contributed by atoms with E-state index in [2.05, 4.69) is 13.5 Å². The van der Waals surface area contributed by atoms with Crippen molar-refractivity contribution in [3.63, 3.8) is 0 Å². The van der Waals surface area contributed by atoms with Crippen molar-refractivity contribution < 1.29 is 4.79 Å². The van der Waals surface area contributed by atoms with Crippen LogP contribution in [-0.4, -0.2) is 5.78 Å². The van der Waals surface area contributed by atoms with Gasteiger partial charge in [-0.25, -0.2) is 0 Å². The summed E-state index contributed by atoms with van der Waals surface area (Å²) in [7, 11) is 0. The van der Waals surface area contributed by atoms with E-state index in [9.17, 15) is 4.79 Å². The van der Waals surface area contributed by atoms with E-state index in [0.29, 0.717) is 17.6 Å². The van der Waals surface area contributed by atoms with Crippen LogP contribution in [0, 0.1) is 11.8 Å². The smallest absolute Gasteiger partial charge is 0.136 e. The highest BCUT2D eigenvalue weighted by Crippen LogP contribution is 2.39. The van der Waals surface area contributed by atoms with Crippen molar-refractivity contribution in [2.24, 2.45) is 11.8 Å². The summed E-state index contributed by atoms with van der Waals surface area (Å²) < 4.78 is 0. The van der Waals surface area contributed by atoms with Gasteiger partial charge in [0, 0.05) is 12.3 Å². The van der Waals surface area contributed by atoms with E-state index in [-0.39, 0.29) is 0 Å². The molecule has 0 aliphatic heterocycles. The number of allylic oxidation sites excluding steroid dienone is 1. The Balaban J connectivity index is 1.93. The average Bonchev–Trinajstić information content (AvgIpc) is 2.82. The van der Waals surface area contributed by atoms with Gasteiger partial charge >= 0.3 is 0 Å². The maximum atomic E-state index is 11.4. The van der Waals surface area contributed by atoms with Gasteiger partial charge in [0.25, 0.3) is 0 Å². The largest absolute Gasteiger partial charge is 0.299 e. The second kappa shape index (κ2) is 5.21. The molecule has 13 heavy (non-hydrogen) atoms. The minimum Gasteiger partial charge on any atom is -0.299 e. The molecule has 74 valence electrons. The van der Waals surface area contributed by atoms with E-state index in [0.717, 1.165) is 25.7 Å². The molecule has 0 bridgehead atoms. The molecule has 0 amide bonds. The van der Waals surface area contributed by atoms with E-state index in [1.165, 1.54) is 12.8 Å². The van der Waals surface area contributed by atoms with Crippen molar-refractivity contribution in [1.82, 2.24) is 0 Å². The highest BCUT2D eigenvalue weighted by molar-refractivity contribution is 5.83. The third kappa shape index (κ3) is 3.75. The average molecular weight is 180 g/mol. The van der Waals surface area contributed by atoms with Gasteiger partial charge in [-0.15, -0.1) is 6.58 Å². The van der Waals surface area contributed by atoms with Gasteiger partial charge in [-0.3, -0.25) is 4.79 Å². The van der Waals surface area contributed by atoms with Crippen molar-refractivity contribution in [3.05, 3.63) is 12.7 Å². The summed E-state index contributed by atoms with van der Waals surface area (Å²) in [5.41, 5.74) is 0. The standard InChI is InChI=1S/C12H20O/c1-3-4-5-6-7-8-12(13)11-9-10(11)2/h3,10-11H,1,4-9H2,2H3. The Morgan fingerprint density at radius 1 is 1.46 bits per heavy atom. The van der Waals surface area contributed by atoms with Crippen molar-refractivity contribution in [2.75, 3.05) is 0 Å². The van der Waals surface area contributed by atoms with Crippen LogP contribution in [0.4, 0.5) is 0 Å². The predicted molar refractivity (Wildman–Crippen MR) is 55.6 cm³/mol. The molecule has 0 spiro atoms. The third-order valence-electron chi connectivity index (χ3n) is 2.85. The minimum atomic E-state index is 0.430. The lowest BCUT2D eigenvalue weighted by Gasteiger charge is -1.98. The minimum absolute atomic E-state index is 0.430. The van der Waals surface area contributed by atoms with Crippen LogP contribution >= 0.6 is 0 Å². The lowest BCUT2D eigenvalue weighted by molar-refractivity contribution is -0.120. The number of carbonyl (C=O) groups excluding carboxylic acids is 1. The van der Waals surface area contributed by atoms with Gasteiger partial charge in [-0.05, 0) is 31.6 Å². The summed E-state index contributed by atoms with van der Waals surface area (Å²) in [6.07, 6.45) is 8.45. The van der Waals surface area contributed by atoms with Gasteiger partial charge in [0.05, 0.1) is 0 Å². The fourth-order valence-corrected chi connectivity index (χ4v) is 1.72. The number of unbranched alkanes of at least 4 members (excludes halogenated alkanes) is 3. The number of hydrogen-bond acceptors (Lipinski definition) is 1. The fraction of sp³-hybridized carbons (Fsp3) is 0.750. The summed E-state index contributed by atoms with van der Waals surface area (Å²) in [5, 5.41) is 0. The Morgan fingerprint density at radius 3 is 2.69 bits per heavy atom. The predicted octanol–water partition coefficient (Wildman–Crippen LogP) is 3.35. The Kier molecular flexibility index (Phi) is 4.20. The normalized spacial score (nSPS) is 25.6. The van der Waals surface area contributed by atoms with E-state index in [1.54, 1.807) is 0 Å². The zero-order valence-corrected chi connectivity index (χ0v) is 8.59. The first kappa shape index (κ1) is 10.5. The van der Waals surface area contributed by atoms with Gasteiger partial charge in [0.1, 0.15) is 5.78 Å². The molecule has 0 N–H and O–H groups in total. The number of hydrogen-bond donors (Lipinski definition) is 0. The fourth-order valence-electron chi connectivity index (χ4n) is 1.72. The van der Waals surface area contributed by atoms with Gasteiger partial charge in [-0.2, -0.15) is 0 Å². The van der Waals surface area contributed by atoms with Crippen molar-refractivity contribution in [3.8, 4) is 0 Å². The van der Waals surface area contributed by atoms with E-state index in [1.807, 2.05) is 6.08 Å². The zero-order chi connectivity index (χ0) is 9.68. The molecule has 0 aromatic rings. The second-order valence-electron chi connectivity index (χ2n) is 4.17. The number of ketones is 1. The molecule has 1 heteroatoms. The molecular formula is C12H20O. The maximum Gasteiger partial charge on any atom is 0.136 e. The highest BCUT2D eigenvalue weighted by Gasteiger charge is 2.37. The molecule has 1 rings (SSSR count). The molecule has 0 aromatic heterocycles. The van der Waals surface area contributed by atoms with Crippen LogP contribution in [0.3, 0.4) is 0 Å². The molecule has 0 saturated heterocycles. The lowest BCUT2D eigenvalue weighted by atomic mass is 10.1. The van der Waals surface area contributed by atoms with Crippen LogP contribution in [0.1, 0.15) is 45.4 Å². The zero-order valence-electron chi connectivity index (χ0n) is 8.59. The molecular weight excluding hydrogens is 160 g/mol. The molecule has 1 fully saturated rings.